The van der Waals surface area contributed by atoms with Crippen LogP contribution < -0.4 is 16.0 Å². The van der Waals surface area contributed by atoms with Crippen LogP contribution >= 0.6 is 39.9 Å². The number of benzene rings is 1. The minimum atomic E-state index is -0.499. The van der Waals surface area contributed by atoms with Crippen molar-refractivity contribution in [3.8, 4) is 0 Å². The van der Waals surface area contributed by atoms with E-state index in [0.717, 1.165) is 5.56 Å². The first-order chi connectivity index (χ1) is 11.7. The second kappa shape index (κ2) is 12.3. The van der Waals surface area contributed by atoms with Gasteiger partial charge in [-0.1, -0.05) is 6.07 Å². The molecule has 1 aromatic carbocycles. The summed E-state index contributed by atoms with van der Waals surface area (Å²) in [7, 11) is 1.66. The van der Waals surface area contributed by atoms with Crippen molar-refractivity contribution in [1.82, 2.24) is 16.0 Å². The number of alkyl carbamates (subject to hydrolysis) is 1. The number of ether oxygens (including phenoxy) is 1. The van der Waals surface area contributed by atoms with E-state index < -0.39 is 11.7 Å². The second-order valence-corrected chi connectivity index (χ2v) is 7.24. The average molecular weight is 545 g/mol. The standard InChI is InChI=1S/C17H26BrFN4O2.HI/c1-17(2,3)25-16(24)22-9-5-8-21-15(20-4)23-11-12-6-7-13(18)14(19)10-12;/h6-7,10H,5,8-9,11H2,1-4H3,(H,22,24)(H2,20,21,23);1H. The first-order valence-corrected chi connectivity index (χ1v) is 8.86. The number of amides is 1. The number of carbonyl (C=O) groups is 1. The van der Waals surface area contributed by atoms with E-state index in [1.807, 2.05) is 26.8 Å². The summed E-state index contributed by atoms with van der Waals surface area (Å²) in [5.74, 6) is 0.316. The molecule has 26 heavy (non-hydrogen) atoms. The summed E-state index contributed by atoms with van der Waals surface area (Å²) in [6.07, 6.45) is 0.291. The molecule has 6 nitrogen and oxygen atoms in total. The number of aliphatic imine (C=N–C) groups is 1. The molecule has 0 unspecified atom stereocenters. The van der Waals surface area contributed by atoms with Crippen molar-refractivity contribution in [2.24, 2.45) is 4.99 Å². The highest BCUT2D eigenvalue weighted by molar-refractivity contribution is 14.0. The summed E-state index contributed by atoms with van der Waals surface area (Å²) in [5, 5.41) is 8.93. The lowest BCUT2D eigenvalue weighted by Gasteiger charge is -2.19. The maximum atomic E-state index is 13.5. The first-order valence-electron chi connectivity index (χ1n) is 8.06. The van der Waals surface area contributed by atoms with Gasteiger partial charge in [0.25, 0.3) is 0 Å². The fourth-order valence-corrected chi connectivity index (χ4v) is 2.10. The molecule has 0 spiro atoms. The van der Waals surface area contributed by atoms with Crippen molar-refractivity contribution in [1.29, 1.82) is 0 Å². The lowest BCUT2D eigenvalue weighted by Crippen LogP contribution is -2.39. The number of nitrogens with one attached hydrogen (secondary N) is 3. The molecule has 1 amide bonds. The molecular formula is C17H27BrFIN4O2. The quantitative estimate of drug-likeness (QED) is 0.220. The van der Waals surface area contributed by atoms with Crippen LogP contribution in [0.5, 0.6) is 0 Å². The second-order valence-electron chi connectivity index (χ2n) is 6.38. The average Bonchev–Trinajstić information content (AvgIpc) is 2.51. The number of hydrogen-bond donors (Lipinski definition) is 3. The zero-order chi connectivity index (χ0) is 18.9. The van der Waals surface area contributed by atoms with E-state index >= 15 is 0 Å². The Bertz CT molecular complexity index is 609. The predicted molar refractivity (Wildman–Crippen MR) is 117 cm³/mol. The van der Waals surface area contributed by atoms with Gasteiger partial charge in [-0.2, -0.15) is 0 Å². The number of guanidine groups is 1. The minimum Gasteiger partial charge on any atom is -0.444 e. The van der Waals surface area contributed by atoms with Crippen LogP contribution in [0.2, 0.25) is 0 Å². The Morgan fingerprint density at radius 2 is 1.88 bits per heavy atom. The maximum absolute atomic E-state index is 13.5. The van der Waals surface area contributed by atoms with E-state index in [1.54, 1.807) is 13.1 Å². The molecule has 0 saturated carbocycles. The normalized spacial score (nSPS) is 11.4. The third-order valence-electron chi connectivity index (χ3n) is 2.98. The lowest BCUT2D eigenvalue weighted by atomic mass is 10.2. The number of nitrogens with zero attached hydrogens (tertiary/aromatic N) is 1. The maximum Gasteiger partial charge on any atom is 0.407 e. The van der Waals surface area contributed by atoms with E-state index in [0.29, 0.717) is 36.5 Å². The zero-order valence-electron chi connectivity index (χ0n) is 15.5. The van der Waals surface area contributed by atoms with Gasteiger partial charge in [-0.15, -0.1) is 24.0 Å². The Morgan fingerprint density at radius 3 is 2.46 bits per heavy atom. The summed E-state index contributed by atoms with van der Waals surface area (Å²) < 4.78 is 19.1. The van der Waals surface area contributed by atoms with Crippen molar-refractivity contribution in [3.05, 3.63) is 34.1 Å². The summed E-state index contributed by atoms with van der Waals surface area (Å²) in [6, 6.07) is 4.97. The van der Waals surface area contributed by atoms with Gasteiger partial charge in [-0.25, -0.2) is 9.18 Å². The fourth-order valence-electron chi connectivity index (χ4n) is 1.86. The Labute approximate surface area is 179 Å². The molecule has 0 aliphatic heterocycles. The fraction of sp³-hybridized carbons (Fsp3) is 0.529. The highest BCUT2D eigenvalue weighted by atomic mass is 127. The SMILES string of the molecule is CN=C(NCCCNC(=O)OC(C)(C)C)NCc1ccc(Br)c(F)c1.I. The zero-order valence-corrected chi connectivity index (χ0v) is 19.4. The van der Waals surface area contributed by atoms with E-state index in [2.05, 4.69) is 36.9 Å². The third kappa shape index (κ3) is 10.8. The summed E-state index contributed by atoms with van der Waals surface area (Å²) in [4.78, 5) is 15.6. The van der Waals surface area contributed by atoms with Gasteiger partial charge in [0.2, 0.25) is 0 Å². The molecule has 0 saturated heterocycles. The predicted octanol–water partition coefficient (Wildman–Crippen LogP) is 3.79. The van der Waals surface area contributed by atoms with Gasteiger partial charge in [0.1, 0.15) is 11.4 Å². The molecule has 0 aliphatic rings. The largest absolute Gasteiger partial charge is 0.444 e. The molecule has 9 heteroatoms. The highest BCUT2D eigenvalue weighted by Gasteiger charge is 2.15. The number of rotatable bonds is 6. The summed E-state index contributed by atoms with van der Waals surface area (Å²) in [5.41, 5.74) is 0.316. The summed E-state index contributed by atoms with van der Waals surface area (Å²) in [6.45, 7) is 7.05. The monoisotopic (exact) mass is 544 g/mol. The van der Waals surface area contributed by atoms with Crippen molar-refractivity contribution in [2.75, 3.05) is 20.1 Å². The van der Waals surface area contributed by atoms with Crippen molar-refractivity contribution in [2.45, 2.75) is 39.3 Å². The van der Waals surface area contributed by atoms with Crippen LogP contribution in [0, 0.1) is 5.82 Å². The van der Waals surface area contributed by atoms with E-state index in [1.165, 1.54) is 6.07 Å². The van der Waals surface area contributed by atoms with Crippen molar-refractivity contribution >= 4 is 52.0 Å². The minimum absolute atomic E-state index is 0. The molecular weight excluding hydrogens is 518 g/mol. The van der Waals surface area contributed by atoms with Crippen LogP contribution in [0.3, 0.4) is 0 Å². The molecule has 0 fully saturated rings. The van der Waals surface area contributed by atoms with Gasteiger partial charge in [0.15, 0.2) is 5.96 Å². The Morgan fingerprint density at radius 1 is 1.23 bits per heavy atom. The molecule has 148 valence electrons. The van der Waals surface area contributed by atoms with Gasteiger partial charge in [0.05, 0.1) is 4.47 Å². The van der Waals surface area contributed by atoms with Gasteiger partial charge in [-0.3, -0.25) is 4.99 Å². The van der Waals surface area contributed by atoms with Crippen molar-refractivity contribution in [3.63, 3.8) is 0 Å². The molecule has 0 radical (unpaired) electrons. The van der Waals surface area contributed by atoms with Crippen LogP contribution in [-0.4, -0.2) is 37.8 Å². The topological polar surface area (TPSA) is 74.8 Å². The number of halogens is 3. The number of carbonyl (C=O) groups excluding carboxylic acids is 1. The molecule has 1 aromatic rings. The molecule has 3 N–H and O–H groups in total. The molecule has 0 aromatic heterocycles. The number of hydrogen-bond acceptors (Lipinski definition) is 3. The van der Waals surface area contributed by atoms with Gasteiger partial charge < -0.3 is 20.7 Å². The van der Waals surface area contributed by atoms with Crippen LogP contribution in [0.25, 0.3) is 0 Å². The highest BCUT2D eigenvalue weighted by Crippen LogP contribution is 2.16. The van der Waals surface area contributed by atoms with Crippen LogP contribution in [0.4, 0.5) is 9.18 Å². The van der Waals surface area contributed by atoms with Gasteiger partial charge in [0, 0.05) is 26.7 Å². The van der Waals surface area contributed by atoms with E-state index in [-0.39, 0.29) is 29.8 Å². The summed E-state index contributed by atoms with van der Waals surface area (Å²) >= 11 is 3.13. The van der Waals surface area contributed by atoms with Gasteiger partial charge in [-0.05, 0) is 60.8 Å². The van der Waals surface area contributed by atoms with E-state index in [9.17, 15) is 9.18 Å². The van der Waals surface area contributed by atoms with Gasteiger partial charge >= 0.3 is 6.09 Å². The Hall–Kier alpha value is -1.10. The lowest BCUT2D eigenvalue weighted by molar-refractivity contribution is 0.0527. The van der Waals surface area contributed by atoms with Crippen LogP contribution in [0.15, 0.2) is 27.7 Å². The smallest absolute Gasteiger partial charge is 0.407 e. The third-order valence-corrected chi connectivity index (χ3v) is 3.62. The molecule has 0 bridgehead atoms. The first kappa shape index (κ1) is 24.9. The van der Waals surface area contributed by atoms with Crippen LogP contribution in [0.1, 0.15) is 32.8 Å². The Kier molecular flexibility index (Phi) is 11.8. The van der Waals surface area contributed by atoms with Crippen LogP contribution in [-0.2, 0) is 11.3 Å². The molecule has 0 heterocycles. The van der Waals surface area contributed by atoms with Crippen molar-refractivity contribution < 1.29 is 13.9 Å². The molecule has 0 aliphatic carbocycles. The molecule has 1 rings (SSSR count). The Balaban J connectivity index is 0.00000625. The molecule has 0 atom stereocenters. The van der Waals surface area contributed by atoms with E-state index in [4.69, 9.17) is 4.74 Å².